The van der Waals surface area contributed by atoms with Gasteiger partial charge in [-0.3, -0.25) is 19.4 Å². The summed E-state index contributed by atoms with van der Waals surface area (Å²) in [5.74, 6) is -1.54. The van der Waals surface area contributed by atoms with Crippen LogP contribution in [-0.4, -0.2) is 27.7 Å². The summed E-state index contributed by atoms with van der Waals surface area (Å²) in [6.45, 7) is 0. The first-order valence-corrected chi connectivity index (χ1v) is 6.34. The van der Waals surface area contributed by atoms with E-state index in [4.69, 9.17) is 0 Å². The van der Waals surface area contributed by atoms with Gasteiger partial charge in [0, 0.05) is 12.4 Å². The molecule has 0 saturated carbocycles. The molecular formula is C15H11N3O3. The molecule has 1 aromatic carbocycles. The van der Waals surface area contributed by atoms with Crippen LogP contribution in [0.5, 0.6) is 0 Å². The summed E-state index contributed by atoms with van der Waals surface area (Å²) < 4.78 is 0. The molecule has 0 spiro atoms. The number of carbonyl (C=O) groups is 3. The molecule has 2 aromatic rings. The Morgan fingerprint density at radius 1 is 1.00 bits per heavy atom. The molecule has 6 heteroatoms. The van der Waals surface area contributed by atoms with Crippen molar-refractivity contribution in [3.05, 3.63) is 60.4 Å². The van der Waals surface area contributed by atoms with Gasteiger partial charge in [0.1, 0.15) is 6.42 Å². The lowest BCUT2D eigenvalue weighted by Crippen LogP contribution is -2.45. The van der Waals surface area contributed by atoms with Crippen LogP contribution in [0.15, 0.2) is 54.9 Å². The number of para-hydroxylation sites is 1. The van der Waals surface area contributed by atoms with E-state index in [-0.39, 0.29) is 12.0 Å². The smallest absolute Gasteiger partial charge is 0.272 e. The number of nitrogens with zero attached hydrogens (tertiary/aromatic N) is 3. The van der Waals surface area contributed by atoms with Crippen molar-refractivity contribution in [2.45, 2.75) is 6.42 Å². The maximum atomic E-state index is 12.5. The summed E-state index contributed by atoms with van der Waals surface area (Å²) in [6, 6.07) is 11.7. The van der Waals surface area contributed by atoms with E-state index < -0.39 is 17.7 Å². The molecule has 1 saturated heterocycles. The number of amides is 3. The van der Waals surface area contributed by atoms with Crippen LogP contribution >= 0.6 is 0 Å². The van der Waals surface area contributed by atoms with Gasteiger partial charge in [0.25, 0.3) is 17.7 Å². The van der Waals surface area contributed by atoms with E-state index in [2.05, 4.69) is 4.98 Å². The van der Waals surface area contributed by atoms with Gasteiger partial charge in [-0.1, -0.05) is 18.2 Å². The Morgan fingerprint density at radius 3 is 2.43 bits per heavy atom. The van der Waals surface area contributed by atoms with Gasteiger partial charge in [-0.05, 0) is 24.3 Å². The van der Waals surface area contributed by atoms with Crippen LogP contribution in [0.3, 0.4) is 0 Å². The van der Waals surface area contributed by atoms with Crippen LogP contribution in [0.1, 0.15) is 16.8 Å². The first-order valence-electron chi connectivity index (χ1n) is 6.34. The number of hydrogen-bond acceptors (Lipinski definition) is 4. The highest BCUT2D eigenvalue weighted by molar-refractivity contribution is 6.20. The van der Waals surface area contributed by atoms with E-state index in [9.17, 15) is 14.4 Å². The summed E-state index contributed by atoms with van der Waals surface area (Å²) in [5.41, 5.74) is 0.729. The quantitative estimate of drug-likeness (QED) is 0.616. The number of hydrogen-bond donors (Lipinski definition) is 0. The normalized spacial score (nSPS) is 14.7. The minimum atomic E-state index is -0.567. The van der Waals surface area contributed by atoms with E-state index in [1.165, 1.54) is 12.4 Å². The molecule has 21 heavy (non-hydrogen) atoms. The monoisotopic (exact) mass is 281 g/mol. The van der Waals surface area contributed by atoms with Gasteiger partial charge >= 0.3 is 0 Å². The number of rotatable bonds is 2. The lowest BCUT2D eigenvalue weighted by atomic mass is 10.2. The second-order valence-electron chi connectivity index (χ2n) is 4.47. The molecule has 0 aliphatic carbocycles. The third kappa shape index (κ3) is 2.27. The average Bonchev–Trinajstić information content (AvgIpc) is 2.82. The second kappa shape index (κ2) is 5.16. The van der Waals surface area contributed by atoms with Crippen LogP contribution in [0.25, 0.3) is 0 Å². The van der Waals surface area contributed by atoms with Crippen LogP contribution in [0.2, 0.25) is 0 Å². The van der Waals surface area contributed by atoms with E-state index >= 15 is 0 Å². The molecule has 104 valence electrons. The SMILES string of the molecule is O=C1CC(=O)N(c2ccccc2)N1C(=O)c1cccnc1. The molecule has 3 rings (SSSR count). The zero-order chi connectivity index (χ0) is 14.8. The molecular weight excluding hydrogens is 270 g/mol. The van der Waals surface area contributed by atoms with Crippen LogP contribution < -0.4 is 5.01 Å². The van der Waals surface area contributed by atoms with Gasteiger partial charge in [0.15, 0.2) is 0 Å². The predicted molar refractivity (Wildman–Crippen MR) is 74.0 cm³/mol. The molecule has 6 nitrogen and oxygen atoms in total. The maximum absolute atomic E-state index is 12.5. The van der Waals surface area contributed by atoms with Crippen LogP contribution in [0.4, 0.5) is 5.69 Å². The first kappa shape index (κ1) is 13.0. The molecule has 1 fully saturated rings. The van der Waals surface area contributed by atoms with Crippen molar-refractivity contribution in [3.8, 4) is 0 Å². The first-order chi connectivity index (χ1) is 10.2. The second-order valence-corrected chi connectivity index (χ2v) is 4.47. The molecule has 1 aliphatic rings. The van der Waals surface area contributed by atoms with Crippen molar-refractivity contribution >= 4 is 23.4 Å². The Hall–Kier alpha value is -3.02. The van der Waals surface area contributed by atoms with Crippen molar-refractivity contribution in [2.75, 3.05) is 5.01 Å². The standard InChI is InChI=1S/C15H11N3O3/c19-13-9-14(20)18(15(21)11-5-4-8-16-10-11)17(13)12-6-2-1-3-7-12/h1-8,10H,9H2. The Balaban J connectivity index is 2.01. The highest BCUT2D eigenvalue weighted by Crippen LogP contribution is 2.24. The Bertz CT molecular complexity index is 701. The van der Waals surface area contributed by atoms with Crippen molar-refractivity contribution in [1.82, 2.24) is 9.99 Å². The van der Waals surface area contributed by atoms with Crippen molar-refractivity contribution in [3.63, 3.8) is 0 Å². The molecule has 1 aliphatic heterocycles. The summed E-state index contributed by atoms with van der Waals surface area (Å²) in [4.78, 5) is 40.3. The summed E-state index contributed by atoms with van der Waals surface area (Å²) >= 11 is 0. The van der Waals surface area contributed by atoms with Crippen molar-refractivity contribution in [1.29, 1.82) is 0 Å². The van der Waals surface area contributed by atoms with Crippen molar-refractivity contribution in [2.24, 2.45) is 0 Å². The number of anilines is 1. The molecule has 2 heterocycles. The Labute approximate surface area is 120 Å². The maximum Gasteiger partial charge on any atom is 0.281 e. The van der Waals surface area contributed by atoms with Gasteiger partial charge < -0.3 is 0 Å². The lowest BCUT2D eigenvalue weighted by Gasteiger charge is -2.25. The highest BCUT2D eigenvalue weighted by Gasteiger charge is 2.41. The van der Waals surface area contributed by atoms with E-state index in [1.807, 2.05) is 0 Å². The fraction of sp³-hybridized carbons (Fsp3) is 0.0667. The summed E-state index contributed by atoms with van der Waals surface area (Å²) in [5, 5.41) is 1.98. The largest absolute Gasteiger partial charge is 0.281 e. The minimum absolute atomic E-state index is 0.251. The Morgan fingerprint density at radius 2 is 1.76 bits per heavy atom. The van der Waals surface area contributed by atoms with Gasteiger partial charge in [-0.15, -0.1) is 0 Å². The number of carbonyl (C=O) groups excluding carboxylic acids is 3. The predicted octanol–water partition coefficient (Wildman–Crippen LogP) is 1.40. The summed E-state index contributed by atoms with van der Waals surface area (Å²) in [7, 11) is 0. The van der Waals surface area contributed by atoms with Crippen LogP contribution in [-0.2, 0) is 9.59 Å². The number of hydrazine groups is 1. The number of benzene rings is 1. The molecule has 0 N–H and O–H groups in total. The number of imide groups is 1. The zero-order valence-corrected chi connectivity index (χ0v) is 11.0. The topological polar surface area (TPSA) is 70.6 Å². The van der Waals surface area contributed by atoms with Gasteiger partial charge in [-0.25, -0.2) is 5.01 Å². The van der Waals surface area contributed by atoms with Gasteiger partial charge in [0.05, 0.1) is 11.3 Å². The molecule has 0 bridgehead atoms. The van der Waals surface area contributed by atoms with E-state index in [1.54, 1.807) is 42.5 Å². The average molecular weight is 281 g/mol. The minimum Gasteiger partial charge on any atom is -0.272 e. The molecule has 0 unspecified atom stereocenters. The number of pyridine rings is 1. The Kier molecular flexibility index (Phi) is 3.19. The van der Waals surface area contributed by atoms with Gasteiger partial charge in [0.2, 0.25) is 0 Å². The molecule has 1 aromatic heterocycles. The number of aromatic nitrogens is 1. The van der Waals surface area contributed by atoms with E-state index in [0.29, 0.717) is 5.69 Å². The molecule has 3 amide bonds. The highest BCUT2D eigenvalue weighted by atomic mass is 16.2. The fourth-order valence-corrected chi connectivity index (χ4v) is 2.15. The molecule has 0 radical (unpaired) electrons. The van der Waals surface area contributed by atoms with E-state index in [0.717, 1.165) is 10.0 Å². The summed E-state index contributed by atoms with van der Waals surface area (Å²) in [6.07, 6.45) is 2.57. The zero-order valence-electron chi connectivity index (χ0n) is 11.0. The molecule has 0 atom stereocenters. The van der Waals surface area contributed by atoms with Crippen molar-refractivity contribution < 1.29 is 14.4 Å². The van der Waals surface area contributed by atoms with Gasteiger partial charge in [-0.2, -0.15) is 5.01 Å². The lowest BCUT2D eigenvalue weighted by molar-refractivity contribution is -0.126. The third-order valence-electron chi connectivity index (χ3n) is 3.08. The fourth-order valence-electron chi connectivity index (χ4n) is 2.15. The third-order valence-corrected chi connectivity index (χ3v) is 3.08. The van der Waals surface area contributed by atoms with Crippen LogP contribution in [0, 0.1) is 0 Å².